The number of azo groups is 1. The van der Waals surface area contributed by atoms with Crippen LogP contribution in [-0.4, -0.2) is 25.1 Å². The van der Waals surface area contributed by atoms with Crippen molar-refractivity contribution in [1.82, 2.24) is 14.1 Å². The number of hydrogen-bond acceptors (Lipinski definition) is 6. The Hall–Kier alpha value is -3.33. The van der Waals surface area contributed by atoms with E-state index < -0.39 is 11.9 Å². The van der Waals surface area contributed by atoms with Crippen molar-refractivity contribution in [3.05, 3.63) is 51.4 Å². The van der Waals surface area contributed by atoms with Gasteiger partial charge in [-0.3, -0.25) is 14.2 Å². The fraction of sp³-hybridized carbons (Fsp3) is 0.348. The number of carbonyl (C=O) groups is 1. The first-order valence-electron chi connectivity index (χ1n) is 10.6. The molecule has 5 rings (SSSR count). The van der Waals surface area contributed by atoms with Gasteiger partial charge in [-0.1, -0.05) is 25.1 Å². The van der Waals surface area contributed by atoms with E-state index in [0.717, 1.165) is 35.2 Å². The third-order valence-corrected chi connectivity index (χ3v) is 7.48. The quantitative estimate of drug-likeness (QED) is 0.460. The summed E-state index contributed by atoms with van der Waals surface area (Å²) < 4.78 is 2.91. The molecule has 3 aromatic heterocycles. The van der Waals surface area contributed by atoms with Crippen molar-refractivity contribution in [2.24, 2.45) is 23.2 Å². The standard InChI is InChI=1S/C23H23N5O3S/c1-12-8-9-15-17(10-12)32-21-18(15)22(30)28(11-24-21)13(2)20(29)26-25-19-14-6-4-5-7-16(14)27(3)23(19)31/h4-7,11-13,31H,8-10H2,1-3H3. The van der Waals surface area contributed by atoms with Crippen LogP contribution in [0.15, 0.2) is 45.6 Å². The molecule has 0 saturated heterocycles. The number of thiophene rings is 1. The molecule has 0 radical (unpaired) electrons. The molecule has 1 aromatic carbocycles. The van der Waals surface area contributed by atoms with E-state index in [1.54, 1.807) is 35.9 Å². The zero-order chi connectivity index (χ0) is 22.6. The Labute approximate surface area is 187 Å². The summed E-state index contributed by atoms with van der Waals surface area (Å²) in [6.07, 6.45) is 4.29. The molecule has 0 bridgehead atoms. The number of aromatic nitrogens is 3. The van der Waals surface area contributed by atoms with Crippen LogP contribution in [0.2, 0.25) is 0 Å². The lowest BCUT2D eigenvalue weighted by Crippen LogP contribution is -2.28. The molecule has 3 heterocycles. The molecule has 1 aliphatic rings. The predicted octanol–water partition coefficient (Wildman–Crippen LogP) is 4.65. The van der Waals surface area contributed by atoms with E-state index in [-0.39, 0.29) is 17.1 Å². The van der Waals surface area contributed by atoms with E-state index in [1.165, 1.54) is 15.8 Å². The molecule has 8 nitrogen and oxygen atoms in total. The number of nitrogens with zero attached hydrogens (tertiary/aromatic N) is 5. The van der Waals surface area contributed by atoms with Gasteiger partial charge in [0.05, 0.1) is 17.2 Å². The summed E-state index contributed by atoms with van der Waals surface area (Å²) in [5, 5.41) is 19.6. The second kappa shape index (κ2) is 7.67. The van der Waals surface area contributed by atoms with Crippen molar-refractivity contribution in [2.75, 3.05) is 0 Å². The number of aromatic hydroxyl groups is 1. The van der Waals surface area contributed by atoms with E-state index >= 15 is 0 Å². The first-order chi connectivity index (χ1) is 15.4. The maximum Gasteiger partial charge on any atom is 0.287 e. The molecule has 164 valence electrons. The molecular weight excluding hydrogens is 426 g/mol. The Morgan fingerprint density at radius 2 is 2.12 bits per heavy atom. The Morgan fingerprint density at radius 3 is 2.94 bits per heavy atom. The number of aryl methyl sites for hydroxylation is 2. The number of hydrogen-bond donors (Lipinski definition) is 1. The monoisotopic (exact) mass is 449 g/mol. The van der Waals surface area contributed by atoms with E-state index in [9.17, 15) is 14.7 Å². The first kappa shape index (κ1) is 20.6. The maximum atomic E-state index is 13.3. The molecule has 2 unspecified atom stereocenters. The second-order valence-corrected chi connectivity index (χ2v) is 9.54. The van der Waals surface area contributed by atoms with Crippen molar-refractivity contribution < 1.29 is 9.90 Å². The van der Waals surface area contributed by atoms with Crippen LogP contribution in [0.1, 0.15) is 36.8 Å². The molecular formula is C23H23N5O3S. The van der Waals surface area contributed by atoms with Crippen molar-refractivity contribution in [3.63, 3.8) is 0 Å². The van der Waals surface area contributed by atoms with Gasteiger partial charge in [-0.15, -0.1) is 21.6 Å². The van der Waals surface area contributed by atoms with Crippen LogP contribution >= 0.6 is 11.3 Å². The van der Waals surface area contributed by atoms with E-state index in [4.69, 9.17) is 0 Å². The van der Waals surface area contributed by atoms with Crippen LogP contribution in [0.4, 0.5) is 5.69 Å². The van der Waals surface area contributed by atoms with Crippen LogP contribution in [0.25, 0.3) is 21.1 Å². The highest BCUT2D eigenvalue weighted by Gasteiger charge is 2.25. The Morgan fingerprint density at radius 1 is 1.34 bits per heavy atom. The lowest BCUT2D eigenvalue weighted by Gasteiger charge is -2.17. The number of amides is 1. The Bertz CT molecular complexity index is 1460. The van der Waals surface area contributed by atoms with Crippen LogP contribution in [0, 0.1) is 5.92 Å². The summed E-state index contributed by atoms with van der Waals surface area (Å²) in [6.45, 7) is 3.83. The molecule has 1 N–H and O–H groups in total. The molecule has 0 aliphatic heterocycles. The smallest absolute Gasteiger partial charge is 0.287 e. The van der Waals surface area contributed by atoms with Gasteiger partial charge in [0.15, 0.2) is 5.69 Å². The minimum atomic E-state index is -0.863. The lowest BCUT2D eigenvalue weighted by molar-refractivity contribution is -0.121. The number of rotatable bonds is 3. The van der Waals surface area contributed by atoms with Gasteiger partial charge in [0.2, 0.25) is 5.88 Å². The third kappa shape index (κ3) is 3.15. The highest BCUT2D eigenvalue weighted by Crippen LogP contribution is 2.38. The van der Waals surface area contributed by atoms with Gasteiger partial charge < -0.3 is 9.67 Å². The zero-order valence-electron chi connectivity index (χ0n) is 18.1. The van der Waals surface area contributed by atoms with Gasteiger partial charge >= 0.3 is 0 Å². The van der Waals surface area contributed by atoms with Crippen LogP contribution < -0.4 is 5.56 Å². The predicted molar refractivity (Wildman–Crippen MR) is 124 cm³/mol. The minimum Gasteiger partial charge on any atom is -0.493 e. The van der Waals surface area contributed by atoms with E-state index in [2.05, 4.69) is 22.1 Å². The highest BCUT2D eigenvalue weighted by atomic mass is 32.1. The summed E-state index contributed by atoms with van der Waals surface area (Å²) in [4.78, 5) is 32.5. The average Bonchev–Trinajstić information content (AvgIpc) is 3.27. The Balaban J connectivity index is 1.49. The van der Waals surface area contributed by atoms with Crippen LogP contribution in [0.5, 0.6) is 5.88 Å². The number of para-hydroxylation sites is 1. The van der Waals surface area contributed by atoms with Gasteiger partial charge in [0, 0.05) is 17.3 Å². The van der Waals surface area contributed by atoms with Gasteiger partial charge in [-0.05, 0) is 43.7 Å². The molecule has 2 atom stereocenters. The number of fused-ring (bicyclic) bond motifs is 4. The first-order valence-corrected chi connectivity index (χ1v) is 11.4. The van der Waals surface area contributed by atoms with Gasteiger partial charge in [0.1, 0.15) is 10.9 Å². The fourth-order valence-electron chi connectivity index (χ4n) is 4.38. The topological polar surface area (TPSA) is 102 Å². The highest BCUT2D eigenvalue weighted by molar-refractivity contribution is 7.18. The Kier molecular flexibility index (Phi) is 4.93. The number of benzene rings is 1. The van der Waals surface area contributed by atoms with Gasteiger partial charge in [0.25, 0.3) is 11.5 Å². The average molecular weight is 450 g/mol. The summed E-state index contributed by atoms with van der Waals surface area (Å²) in [5.41, 5.74) is 1.87. The normalized spacial score (nSPS) is 17.3. The molecule has 0 spiro atoms. The molecule has 0 saturated carbocycles. The zero-order valence-corrected chi connectivity index (χ0v) is 18.9. The SMILES string of the molecule is CC1CCc2c(sc3ncn(C(C)C(=O)N=Nc4c(O)n(C)c5ccccc45)c(=O)c23)C1. The van der Waals surface area contributed by atoms with Crippen molar-refractivity contribution in [1.29, 1.82) is 0 Å². The van der Waals surface area contributed by atoms with Gasteiger partial charge in [-0.25, -0.2) is 4.98 Å². The van der Waals surface area contributed by atoms with E-state index in [1.807, 2.05) is 18.2 Å². The molecule has 32 heavy (non-hydrogen) atoms. The molecule has 0 fully saturated rings. The lowest BCUT2D eigenvalue weighted by atomic mass is 9.89. The van der Waals surface area contributed by atoms with Crippen molar-refractivity contribution in [2.45, 2.75) is 39.2 Å². The summed E-state index contributed by atoms with van der Waals surface area (Å²) in [6, 6.07) is 6.48. The molecule has 4 aromatic rings. The second-order valence-electron chi connectivity index (χ2n) is 8.45. The molecule has 9 heteroatoms. The summed E-state index contributed by atoms with van der Waals surface area (Å²) in [7, 11) is 1.71. The summed E-state index contributed by atoms with van der Waals surface area (Å²) >= 11 is 1.58. The van der Waals surface area contributed by atoms with Crippen molar-refractivity contribution in [3.8, 4) is 5.88 Å². The summed E-state index contributed by atoms with van der Waals surface area (Å²) in [5.74, 6) is -0.0581. The minimum absolute atomic E-state index is 0.0743. The molecule has 1 amide bonds. The van der Waals surface area contributed by atoms with Crippen molar-refractivity contribution >= 4 is 44.1 Å². The fourth-order valence-corrected chi connectivity index (χ4v) is 5.72. The third-order valence-electron chi connectivity index (χ3n) is 6.31. The van der Waals surface area contributed by atoms with Gasteiger partial charge in [-0.2, -0.15) is 0 Å². The molecule has 1 aliphatic carbocycles. The van der Waals surface area contributed by atoms with Crippen LogP contribution in [0.3, 0.4) is 0 Å². The maximum absolute atomic E-state index is 13.3. The largest absolute Gasteiger partial charge is 0.493 e. The number of carbonyl (C=O) groups excluding carboxylic acids is 1. The van der Waals surface area contributed by atoms with E-state index in [0.29, 0.717) is 16.7 Å². The van der Waals surface area contributed by atoms with Crippen LogP contribution in [-0.2, 0) is 24.7 Å².